The molecular weight excluding hydrogens is 266 g/mol. The van der Waals surface area contributed by atoms with E-state index in [4.69, 9.17) is 5.73 Å². The minimum Gasteiger partial charge on any atom is -0.330 e. The summed E-state index contributed by atoms with van der Waals surface area (Å²) in [6, 6.07) is 0. The Morgan fingerprint density at radius 2 is 1.64 bits per heavy atom. The Labute approximate surface area is 138 Å². The van der Waals surface area contributed by atoms with E-state index in [2.05, 4.69) is 27.7 Å². The first-order valence-electron chi connectivity index (χ1n) is 10.1. The molecule has 0 heterocycles. The summed E-state index contributed by atoms with van der Waals surface area (Å²) < 4.78 is 0. The summed E-state index contributed by atoms with van der Waals surface area (Å²) in [6.07, 6.45) is 13.2. The Bertz CT molecular complexity index is 391. The topological polar surface area (TPSA) is 26.0 Å². The molecule has 7 atom stereocenters. The van der Waals surface area contributed by atoms with Gasteiger partial charge in [0.05, 0.1) is 0 Å². The van der Waals surface area contributed by atoms with Crippen molar-refractivity contribution in [2.75, 3.05) is 6.54 Å². The van der Waals surface area contributed by atoms with Crippen LogP contribution in [0.1, 0.15) is 85.5 Å². The van der Waals surface area contributed by atoms with E-state index in [0.29, 0.717) is 10.8 Å². The third-order valence-electron chi connectivity index (χ3n) is 8.49. The number of fused-ring (bicyclic) bond motifs is 2. The average molecular weight is 306 g/mol. The van der Waals surface area contributed by atoms with E-state index < -0.39 is 0 Å². The zero-order valence-corrected chi connectivity index (χ0v) is 15.5. The van der Waals surface area contributed by atoms with Crippen LogP contribution in [0.25, 0.3) is 0 Å². The smallest absolute Gasteiger partial charge is 0.00203 e. The van der Waals surface area contributed by atoms with Crippen LogP contribution in [0.15, 0.2) is 0 Å². The molecule has 0 spiro atoms. The van der Waals surface area contributed by atoms with Crippen molar-refractivity contribution < 1.29 is 0 Å². The molecule has 0 saturated heterocycles. The van der Waals surface area contributed by atoms with E-state index in [9.17, 15) is 0 Å². The Morgan fingerprint density at radius 3 is 2.27 bits per heavy atom. The van der Waals surface area contributed by atoms with Crippen LogP contribution in [-0.2, 0) is 0 Å². The van der Waals surface area contributed by atoms with Gasteiger partial charge in [0.1, 0.15) is 0 Å². The van der Waals surface area contributed by atoms with Crippen molar-refractivity contribution in [3.8, 4) is 0 Å². The van der Waals surface area contributed by atoms with Gasteiger partial charge in [0, 0.05) is 0 Å². The van der Waals surface area contributed by atoms with Crippen molar-refractivity contribution in [1.29, 1.82) is 0 Å². The van der Waals surface area contributed by atoms with Crippen molar-refractivity contribution >= 4 is 0 Å². The second kappa shape index (κ2) is 6.11. The molecule has 3 aliphatic carbocycles. The van der Waals surface area contributed by atoms with Gasteiger partial charge in [-0.15, -0.1) is 0 Å². The predicted octanol–water partition coefficient (Wildman–Crippen LogP) is 5.63. The van der Waals surface area contributed by atoms with Crippen LogP contribution in [0, 0.1) is 40.4 Å². The van der Waals surface area contributed by atoms with Crippen molar-refractivity contribution in [3.05, 3.63) is 0 Å². The maximum absolute atomic E-state index is 6.13. The quantitative estimate of drug-likeness (QED) is 0.718. The average Bonchev–Trinajstić information content (AvgIpc) is 2.85. The van der Waals surface area contributed by atoms with E-state index >= 15 is 0 Å². The first-order valence-corrected chi connectivity index (χ1v) is 10.1. The zero-order chi connectivity index (χ0) is 16.0. The standard InChI is InChI=1S/C21H39N/c1-5-15-7-8-17-12-21(4,14-22)19(17)10-9-16-11-20(3,6-2)13-18(15)16/h15-19H,5-14,22H2,1-4H3/t15?,16?,17?,18?,19?,20-,21+/m1/s1. The van der Waals surface area contributed by atoms with Gasteiger partial charge in [0.2, 0.25) is 0 Å². The van der Waals surface area contributed by atoms with Crippen LogP contribution in [0.3, 0.4) is 0 Å². The minimum absolute atomic E-state index is 0.471. The summed E-state index contributed by atoms with van der Waals surface area (Å²) in [5.41, 5.74) is 7.24. The SMILES string of the molecule is CCC1CCC2C[C@@](C)(CN)C2CCC2C[C@@](C)(CC)CC12. The van der Waals surface area contributed by atoms with Gasteiger partial charge < -0.3 is 5.73 Å². The van der Waals surface area contributed by atoms with E-state index in [0.717, 1.165) is 36.1 Å². The number of hydrogen-bond donors (Lipinski definition) is 1. The fraction of sp³-hybridized carbons (Fsp3) is 1.00. The van der Waals surface area contributed by atoms with Crippen molar-refractivity contribution in [2.24, 2.45) is 46.2 Å². The van der Waals surface area contributed by atoms with E-state index in [1.165, 1.54) is 57.8 Å². The summed E-state index contributed by atoms with van der Waals surface area (Å²) >= 11 is 0. The third kappa shape index (κ3) is 2.76. The Kier molecular flexibility index (Phi) is 4.67. The molecule has 0 radical (unpaired) electrons. The number of rotatable bonds is 3. The van der Waals surface area contributed by atoms with Crippen molar-refractivity contribution in [3.63, 3.8) is 0 Å². The van der Waals surface area contributed by atoms with Gasteiger partial charge in [-0.25, -0.2) is 0 Å². The molecule has 1 nitrogen and oxygen atoms in total. The summed E-state index contributed by atoms with van der Waals surface area (Å²) in [5.74, 6) is 4.97. The maximum Gasteiger partial charge on any atom is -0.00203 e. The summed E-state index contributed by atoms with van der Waals surface area (Å²) in [6.45, 7) is 10.8. The Morgan fingerprint density at radius 1 is 0.909 bits per heavy atom. The van der Waals surface area contributed by atoms with Gasteiger partial charge in [-0.3, -0.25) is 0 Å². The Hall–Kier alpha value is -0.0400. The second-order valence-corrected chi connectivity index (χ2v) is 9.75. The highest BCUT2D eigenvalue weighted by atomic mass is 14.7. The summed E-state index contributed by atoms with van der Waals surface area (Å²) in [7, 11) is 0. The van der Waals surface area contributed by atoms with Gasteiger partial charge in [0.25, 0.3) is 0 Å². The van der Waals surface area contributed by atoms with E-state index in [1.54, 1.807) is 0 Å². The lowest BCUT2D eigenvalue weighted by atomic mass is 9.52. The zero-order valence-electron chi connectivity index (χ0n) is 15.5. The van der Waals surface area contributed by atoms with Gasteiger partial charge in [0.15, 0.2) is 0 Å². The minimum atomic E-state index is 0.471. The number of nitrogens with two attached hydrogens (primary N) is 1. The van der Waals surface area contributed by atoms with Gasteiger partial charge in [-0.1, -0.05) is 40.5 Å². The lowest BCUT2D eigenvalue weighted by Gasteiger charge is -2.54. The van der Waals surface area contributed by atoms with Gasteiger partial charge in [-0.05, 0) is 91.9 Å². The van der Waals surface area contributed by atoms with E-state index in [-0.39, 0.29) is 0 Å². The molecule has 0 aromatic heterocycles. The molecule has 3 aliphatic rings. The molecule has 0 amide bonds. The highest BCUT2D eigenvalue weighted by Gasteiger charge is 2.51. The molecule has 3 saturated carbocycles. The predicted molar refractivity (Wildman–Crippen MR) is 95.6 cm³/mol. The van der Waals surface area contributed by atoms with E-state index in [1.807, 2.05) is 0 Å². The molecule has 0 aromatic carbocycles. The molecule has 3 fully saturated rings. The summed E-state index contributed by atoms with van der Waals surface area (Å²) in [4.78, 5) is 0. The molecule has 3 rings (SSSR count). The van der Waals surface area contributed by atoms with Crippen LogP contribution < -0.4 is 5.73 Å². The van der Waals surface area contributed by atoms with Crippen LogP contribution in [-0.4, -0.2) is 6.54 Å². The first kappa shape index (κ1) is 16.8. The highest BCUT2D eigenvalue weighted by Crippen LogP contribution is 2.59. The van der Waals surface area contributed by atoms with Gasteiger partial charge in [-0.2, -0.15) is 0 Å². The molecule has 0 bridgehead atoms. The summed E-state index contributed by atoms with van der Waals surface area (Å²) in [5, 5.41) is 0. The molecule has 0 aromatic rings. The van der Waals surface area contributed by atoms with Crippen molar-refractivity contribution in [1.82, 2.24) is 0 Å². The molecule has 1 heteroatoms. The monoisotopic (exact) mass is 305 g/mol. The molecule has 22 heavy (non-hydrogen) atoms. The lowest BCUT2D eigenvalue weighted by Crippen LogP contribution is -2.50. The normalized spacial score (nSPS) is 52.0. The third-order valence-corrected chi connectivity index (χ3v) is 8.49. The molecule has 5 unspecified atom stereocenters. The van der Waals surface area contributed by atoms with Crippen LogP contribution in [0.4, 0.5) is 0 Å². The maximum atomic E-state index is 6.13. The number of hydrogen-bond acceptors (Lipinski definition) is 1. The molecular formula is C21H39N. The molecule has 128 valence electrons. The fourth-order valence-corrected chi connectivity index (χ4v) is 6.73. The lowest BCUT2D eigenvalue weighted by molar-refractivity contribution is -0.0335. The van der Waals surface area contributed by atoms with Gasteiger partial charge >= 0.3 is 0 Å². The highest BCUT2D eigenvalue weighted by molar-refractivity contribution is 5.02. The largest absolute Gasteiger partial charge is 0.330 e. The van der Waals surface area contributed by atoms with Crippen LogP contribution in [0.5, 0.6) is 0 Å². The molecule has 0 aliphatic heterocycles. The van der Waals surface area contributed by atoms with Crippen LogP contribution in [0.2, 0.25) is 0 Å². The van der Waals surface area contributed by atoms with Crippen LogP contribution >= 0.6 is 0 Å². The fourth-order valence-electron chi connectivity index (χ4n) is 6.73. The Balaban J connectivity index is 1.76. The molecule has 2 N–H and O–H groups in total. The second-order valence-electron chi connectivity index (χ2n) is 9.75. The van der Waals surface area contributed by atoms with Crippen molar-refractivity contribution in [2.45, 2.75) is 85.5 Å². The first-order chi connectivity index (χ1) is 10.4.